The van der Waals surface area contributed by atoms with Gasteiger partial charge in [0, 0.05) is 100 Å². The quantitative estimate of drug-likeness (QED) is 0.0846. The third kappa shape index (κ3) is 10.1. The van der Waals surface area contributed by atoms with Crippen molar-refractivity contribution in [3.05, 3.63) is 102 Å². The minimum absolute atomic E-state index is 0.0764. The van der Waals surface area contributed by atoms with E-state index in [1.165, 1.54) is 4.90 Å². The number of nitrogens with two attached hydrogens (primary N) is 1. The molecule has 4 saturated heterocycles. The highest BCUT2D eigenvalue weighted by Gasteiger charge is 2.45. The summed E-state index contributed by atoms with van der Waals surface area (Å²) in [5.41, 5.74) is 14.4. The Hall–Kier alpha value is -6.83. The molecule has 0 spiro atoms. The zero-order valence-corrected chi connectivity index (χ0v) is 43.3. The zero-order valence-electron chi connectivity index (χ0n) is 42.5. The first-order valence-corrected chi connectivity index (χ1v) is 27.0. The number of carbonyl (C=O) groups is 2. The van der Waals surface area contributed by atoms with E-state index >= 15 is 0 Å². The number of thiazole rings is 1. The van der Waals surface area contributed by atoms with E-state index in [-0.39, 0.29) is 48.6 Å². The number of aromatic nitrogens is 5. The van der Waals surface area contributed by atoms with Gasteiger partial charge in [-0.15, -0.1) is 21.5 Å². The molecule has 5 N–H and O–H groups in total. The number of aliphatic hydroxyl groups is 1. The smallest absolute Gasteiger partial charge is 0.243 e. The molecule has 1 unspecified atom stereocenters. The third-order valence-electron chi connectivity index (χ3n) is 15.9. The number of likely N-dealkylation sites (tertiary alicyclic amines) is 1. The van der Waals surface area contributed by atoms with Gasteiger partial charge in [0.1, 0.15) is 23.8 Å². The standard InChI is InChI=1S/C55H66N12O6S/c1-32(2)51(55(71)66-30-41(68)24-46(66)54(70)59-33(3)36-9-11-37(12-10-36)52-34(4)58-31-74-52)48-26-49(62-73-48)64-19-17-63(18-20-64)27-35-21-42(22-35)72-50-23-38(15-16-57-50)67-39-13-14-40(67)29-65(28-39)45-25-44(60-61-53(45)56)43-7-5-6-8-47(43)69/h5-12,15-16,23,25-26,31-33,35,39-42,46,51,68-69H,13-14,17-22,24,27-30H2,1-4H3,(H2,56,61)(H,59,70)/t33-,35?,39+,40?,41+,42?,46-,51+/m0/s1. The Bertz CT molecular complexity index is 2940. The number of nitrogens with zero attached hydrogens (tertiary/aromatic N) is 10. The summed E-state index contributed by atoms with van der Waals surface area (Å²) >= 11 is 1.60. The number of carbonyl (C=O) groups excluding carboxylic acids is 2. The van der Waals surface area contributed by atoms with Crippen LogP contribution in [0.25, 0.3) is 21.7 Å². The fourth-order valence-corrected chi connectivity index (χ4v) is 12.7. The van der Waals surface area contributed by atoms with Gasteiger partial charge in [-0.25, -0.2) is 9.97 Å². The van der Waals surface area contributed by atoms with Gasteiger partial charge in [-0.05, 0) is 86.8 Å². The van der Waals surface area contributed by atoms with Crippen molar-refractivity contribution in [3.63, 3.8) is 0 Å². The maximum Gasteiger partial charge on any atom is 0.243 e. The number of nitrogens with one attached hydrogen (secondary N) is 1. The molecule has 74 heavy (non-hydrogen) atoms. The molecule has 1 aliphatic carbocycles. The number of amides is 2. The molecule has 4 aromatic heterocycles. The van der Waals surface area contributed by atoms with E-state index < -0.39 is 18.1 Å². The van der Waals surface area contributed by atoms with Crippen LogP contribution in [0.4, 0.5) is 23.0 Å². The SMILES string of the molecule is Cc1ncsc1-c1ccc([C@H](C)NC(=O)[C@@H]2C[C@@H](O)CN2C(=O)[C@@H](c2cc(N3CCN(CC4CC(Oc5cc(N6C7CC[C@@H]6CN(c6cc(-c8ccccc8O)nnc6N)C7)ccn5)C4)CC3)no2)C(C)C)cc1. The van der Waals surface area contributed by atoms with Crippen LogP contribution >= 0.6 is 11.3 Å². The number of rotatable bonds is 15. The monoisotopic (exact) mass is 1020 g/mol. The number of aryl methyl sites for hydroxylation is 1. The van der Waals surface area contributed by atoms with Crippen molar-refractivity contribution >= 4 is 46.2 Å². The Morgan fingerprint density at radius 2 is 1.66 bits per heavy atom. The molecule has 5 fully saturated rings. The highest BCUT2D eigenvalue weighted by Crippen LogP contribution is 2.41. The fraction of sp³-hybridized carbons (Fsp3) is 0.473. The van der Waals surface area contributed by atoms with Crippen molar-refractivity contribution in [3.8, 4) is 33.3 Å². The van der Waals surface area contributed by atoms with Gasteiger partial charge in [-0.3, -0.25) is 14.5 Å². The van der Waals surface area contributed by atoms with Crippen molar-refractivity contribution in [2.45, 2.75) is 102 Å². The summed E-state index contributed by atoms with van der Waals surface area (Å²) in [4.78, 5) is 49.4. The number of ether oxygens (including phenoxy) is 1. The van der Waals surface area contributed by atoms with Crippen LogP contribution in [0.1, 0.15) is 81.9 Å². The Balaban J connectivity index is 0.642. The van der Waals surface area contributed by atoms with Crippen LogP contribution in [0.2, 0.25) is 0 Å². The number of hydrogen-bond donors (Lipinski definition) is 4. The van der Waals surface area contributed by atoms with Crippen molar-refractivity contribution in [1.82, 2.24) is 40.4 Å². The molecule has 2 amide bonds. The van der Waals surface area contributed by atoms with Gasteiger partial charge >= 0.3 is 0 Å². The minimum Gasteiger partial charge on any atom is -0.507 e. The summed E-state index contributed by atoms with van der Waals surface area (Å²) in [6, 6.07) is 22.7. The van der Waals surface area contributed by atoms with E-state index in [4.69, 9.17) is 15.0 Å². The molecule has 2 aromatic carbocycles. The first kappa shape index (κ1) is 49.4. The lowest BCUT2D eigenvalue weighted by atomic mass is 9.82. The summed E-state index contributed by atoms with van der Waals surface area (Å²) in [6.07, 6.45) is 5.45. The van der Waals surface area contributed by atoms with E-state index in [9.17, 15) is 19.8 Å². The molecule has 18 nitrogen and oxygen atoms in total. The topological polar surface area (TPSA) is 216 Å². The van der Waals surface area contributed by atoms with Crippen molar-refractivity contribution in [1.29, 1.82) is 0 Å². The molecule has 0 radical (unpaired) electrons. The third-order valence-corrected chi connectivity index (χ3v) is 16.9. The predicted molar refractivity (Wildman–Crippen MR) is 284 cm³/mol. The Morgan fingerprint density at radius 1 is 0.905 bits per heavy atom. The number of fused-ring (bicyclic) bond motifs is 2. The second-order valence-corrected chi connectivity index (χ2v) is 22.1. The van der Waals surface area contributed by atoms with E-state index in [0.717, 1.165) is 105 Å². The summed E-state index contributed by atoms with van der Waals surface area (Å²) in [5.74, 6) is 1.58. The Labute approximate surface area is 435 Å². The number of benzene rings is 2. The van der Waals surface area contributed by atoms with Crippen molar-refractivity contribution in [2.75, 3.05) is 72.8 Å². The summed E-state index contributed by atoms with van der Waals surface area (Å²) in [6.45, 7) is 13.9. The molecular formula is C55H66N12O6S. The first-order chi connectivity index (χ1) is 35.8. The zero-order chi connectivity index (χ0) is 51.2. The average molecular weight is 1020 g/mol. The molecule has 19 heteroatoms. The van der Waals surface area contributed by atoms with E-state index in [1.54, 1.807) is 23.5 Å². The summed E-state index contributed by atoms with van der Waals surface area (Å²) < 4.78 is 12.4. The van der Waals surface area contributed by atoms with Gasteiger partial charge in [0.25, 0.3) is 0 Å². The van der Waals surface area contributed by atoms with Crippen LogP contribution in [-0.4, -0.2) is 140 Å². The number of phenols is 1. The molecule has 388 valence electrons. The number of aliphatic hydroxyl groups excluding tert-OH is 1. The molecule has 6 atom stereocenters. The molecular weight excluding hydrogens is 957 g/mol. The molecule has 8 heterocycles. The van der Waals surface area contributed by atoms with Crippen LogP contribution < -0.4 is 30.5 Å². The lowest BCUT2D eigenvalue weighted by molar-refractivity contribution is -0.141. The summed E-state index contributed by atoms with van der Waals surface area (Å²) in [7, 11) is 0. The summed E-state index contributed by atoms with van der Waals surface area (Å²) in [5, 5.41) is 37.4. The van der Waals surface area contributed by atoms with Crippen LogP contribution in [-0.2, 0) is 9.59 Å². The number of pyridine rings is 1. The van der Waals surface area contributed by atoms with Crippen molar-refractivity contribution in [2.24, 2.45) is 11.8 Å². The average Bonchev–Trinajstić information content (AvgIpc) is 4.20. The number of anilines is 4. The Kier molecular flexibility index (Phi) is 13.9. The predicted octanol–water partition coefficient (Wildman–Crippen LogP) is 6.66. The number of hydrogen-bond acceptors (Lipinski definition) is 17. The lowest BCUT2D eigenvalue weighted by Crippen LogP contribution is -2.54. The van der Waals surface area contributed by atoms with E-state index in [1.807, 2.05) is 87.9 Å². The minimum atomic E-state index is -0.809. The number of para-hydroxylation sites is 1. The molecule has 1 saturated carbocycles. The van der Waals surface area contributed by atoms with Gasteiger partial charge in [0.15, 0.2) is 17.4 Å². The number of phenolic OH excluding ortho intramolecular Hbond substituents is 1. The van der Waals surface area contributed by atoms with Crippen LogP contribution in [0, 0.1) is 18.8 Å². The van der Waals surface area contributed by atoms with Gasteiger partial charge in [0.05, 0.1) is 39.6 Å². The number of β-amino-alcohol motifs (C(OH)–C–C–N with tert-alkyl or cyclic N) is 1. The lowest BCUT2D eigenvalue weighted by Gasteiger charge is -2.43. The van der Waals surface area contributed by atoms with E-state index in [2.05, 4.69) is 62.4 Å². The maximum absolute atomic E-state index is 14.4. The maximum atomic E-state index is 14.4. The van der Waals surface area contributed by atoms with Gasteiger partial charge in [-0.2, -0.15) is 0 Å². The molecule has 11 rings (SSSR count). The number of aromatic hydroxyl groups is 1. The van der Waals surface area contributed by atoms with Gasteiger partial charge in [0.2, 0.25) is 17.7 Å². The van der Waals surface area contributed by atoms with Crippen LogP contribution in [0.15, 0.2) is 89.0 Å². The van der Waals surface area contributed by atoms with Crippen LogP contribution in [0.3, 0.4) is 0 Å². The van der Waals surface area contributed by atoms with Gasteiger partial charge in [-0.1, -0.05) is 55.4 Å². The highest BCUT2D eigenvalue weighted by atomic mass is 32.1. The second-order valence-electron chi connectivity index (χ2n) is 21.3. The Morgan fingerprint density at radius 3 is 2.38 bits per heavy atom. The number of nitrogen functional groups attached to an aromatic ring is 1. The highest BCUT2D eigenvalue weighted by molar-refractivity contribution is 7.13. The fourth-order valence-electron chi connectivity index (χ4n) is 11.9. The van der Waals surface area contributed by atoms with Gasteiger partial charge < -0.3 is 50.1 Å². The molecule has 2 bridgehead atoms. The van der Waals surface area contributed by atoms with Crippen LogP contribution in [0.5, 0.6) is 11.6 Å². The second kappa shape index (κ2) is 20.8. The molecule has 5 aliphatic rings. The first-order valence-electron chi connectivity index (χ1n) is 26.1. The van der Waals surface area contributed by atoms with Crippen molar-refractivity contribution < 1.29 is 29.1 Å². The normalized spacial score (nSPS) is 23.8. The number of piperazine rings is 2. The molecule has 6 aromatic rings. The van der Waals surface area contributed by atoms with E-state index in [0.29, 0.717) is 52.5 Å². The largest absolute Gasteiger partial charge is 0.507 e. The molecule has 4 aliphatic heterocycles.